The number of amides is 1. The lowest BCUT2D eigenvalue weighted by Gasteiger charge is -2.18. The number of carbonyl (C=O) groups is 2. The summed E-state index contributed by atoms with van der Waals surface area (Å²) in [6, 6.07) is 5.28. The van der Waals surface area contributed by atoms with Crippen LogP contribution in [0.4, 0.5) is 0 Å². The average molecular weight is 280 g/mol. The first kappa shape index (κ1) is 16.0. The van der Waals surface area contributed by atoms with E-state index in [0.29, 0.717) is 12.8 Å². The summed E-state index contributed by atoms with van der Waals surface area (Å²) in [5.41, 5.74) is 6.63. The molecule has 1 rings (SSSR count). The minimum absolute atomic E-state index is 0.117. The second-order valence-electron chi connectivity index (χ2n) is 4.69. The first-order valence-corrected chi connectivity index (χ1v) is 6.48. The van der Waals surface area contributed by atoms with Gasteiger partial charge in [0.15, 0.2) is 0 Å². The SMILES string of the molecule is CCC(CC(=O)O)NC(=O)[C@H](N)Cc1ccc(O)cc1. The molecular weight excluding hydrogens is 260 g/mol. The number of carboxylic acids is 1. The Morgan fingerprint density at radius 2 is 1.90 bits per heavy atom. The highest BCUT2D eigenvalue weighted by Crippen LogP contribution is 2.11. The fourth-order valence-corrected chi connectivity index (χ4v) is 1.80. The number of aliphatic carboxylic acids is 1. The molecule has 20 heavy (non-hydrogen) atoms. The van der Waals surface area contributed by atoms with Gasteiger partial charge in [-0.15, -0.1) is 0 Å². The Bertz CT molecular complexity index is 459. The van der Waals surface area contributed by atoms with Crippen molar-refractivity contribution in [2.45, 2.75) is 38.3 Å². The summed E-state index contributed by atoms with van der Waals surface area (Å²) in [7, 11) is 0. The van der Waals surface area contributed by atoms with Crippen LogP contribution in [0.3, 0.4) is 0 Å². The van der Waals surface area contributed by atoms with Crippen LogP contribution in [-0.4, -0.2) is 34.2 Å². The fourth-order valence-electron chi connectivity index (χ4n) is 1.80. The standard InChI is InChI=1S/C14H20N2O4/c1-2-10(8-13(18)19)16-14(20)12(15)7-9-3-5-11(17)6-4-9/h3-6,10,12,17H,2,7-8,15H2,1H3,(H,16,20)(H,18,19)/t10?,12-/m1/s1. The predicted octanol–water partition coefficient (Wildman–Crippen LogP) is 0.632. The minimum atomic E-state index is -0.954. The van der Waals surface area contributed by atoms with E-state index >= 15 is 0 Å². The van der Waals surface area contributed by atoms with Gasteiger partial charge in [-0.05, 0) is 30.5 Å². The van der Waals surface area contributed by atoms with E-state index in [-0.39, 0.29) is 18.1 Å². The van der Waals surface area contributed by atoms with Gasteiger partial charge in [0, 0.05) is 6.04 Å². The van der Waals surface area contributed by atoms with E-state index in [1.807, 2.05) is 0 Å². The van der Waals surface area contributed by atoms with Crippen molar-refractivity contribution in [3.63, 3.8) is 0 Å². The maximum atomic E-state index is 11.9. The number of benzene rings is 1. The van der Waals surface area contributed by atoms with Crippen LogP contribution < -0.4 is 11.1 Å². The van der Waals surface area contributed by atoms with Gasteiger partial charge in [0.25, 0.3) is 0 Å². The number of carbonyl (C=O) groups excluding carboxylic acids is 1. The van der Waals surface area contributed by atoms with Gasteiger partial charge in [-0.1, -0.05) is 19.1 Å². The molecule has 0 aromatic heterocycles. The third-order valence-electron chi connectivity index (χ3n) is 2.99. The summed E-state index contributed by atoms with van der Waals surface area (Å²) in [5.74, 6) is -1.17. The number of rotatable bonds is 7. The molecule has 1 unspecified atom stereocenters. The van der Waals surface area contributed by atoms with Crippen LogP contribution in [0.1, 0.15) is 25.3 Å². The van der Waals surface area contributed by atoms with Crippen molar-refractivity contribution in [3.05, 3.63) is 29.8 Å². The molecular formula is C14H20N2O4. The highest BCUT2D eigenvalue weighted by atomic mass is 16.4. The molecule has 0 saturated carbocycles. The van der Waals surface area contributed by atoms with Gasteiger partial charge < -0.3 is 21.3 Å². The Morgan fingerprint density at radius 3 is 2.40 bits per heavy atom. The molecule has 0 fully saturated rings. The van der Waals surface area contributed by atoms with Crippen LogP contribution in [0.25, 0.3) is 0 Å². The summed E-state index contributed by atoms with van der Waals surface area (Å²) in [4.78, 5) is 22.5. The molecule has 6 nitrogen and oxygen atoms in total. The van der Waals surface area contributed by atoms with Gasteiger partial charge in [0.2, 0.25) is 5.91 Å². The van der Waals surface area contributed by atoms with E-state index in [9.17, 15) is 9.59 Å². The van der Waals surface area contributed by atoms with Crippen molar-refractivity contribution in [1.82, 2.24) is 5.32 Å². The number of aromatic hydroxyl groups is 1. The Hall–Kier alpha value is -2.08. The van der Waals surface area contributed by atoms with Gasteiger partial charge in [0.05, 0.1) is 12.5 Å². The van der Waals surface area contributed by atoms with Crippen molar-refractivity contribution in [2.75, 3.05) is 0 Å². The summed E-state index contributed by atoms with van der Waals surface area (Å²) in [6.07, 6.45) is 0.744. The van der Waals surface area contributed by atoms with Gasteiger partial charge in [-0.2, -0.15) is 0 Å². The predicted molar refractivity (Wildman–Crippen MR) is 74.3 cm³/mol. The first-order valence-electron chi connectivity index (χ1n) is 6.48. The Balaban J connectivity index is 2.53. The van der Waals surface area contributed by atoms with Crippen LogP contribution in [0.15, 0.2) is 24.3 Å². The number of nitrogens with two attached hydrogens (primary N) is 1. The highest BCUT2D eigenvalue weighted by Gasteiger charge is 2.19. The molecule has 110 valence electrons. The molecule has 6 heteroatoms. The quantitative estimate of drug-likeness (QED) is 0.585. The largest absolute Gasteiger partial charge is 0.508 e. The summed E-state index contributed by atoms with van der Waals surface area (Å²) in [6.45, 7) is 1.80. The lowest BCUT2D eigenvalue weighted by Crippen LogP contribution is -2.46. The molecule has 1 aromatic rings. The van der Waals surface area contributed by atoms with Crippen LogP contribution in [-0.2, 0) is 16.0 Å². The topological polar surface area (TPSA) is 113 Å². The molecule has 0 saturated heterocycles. The molecule has 0 aliphatic rings. The maximum absolute atomic E-state index is 11.9. The molecule has 1 aromatic carbocycles. The molecule has 1 amide bonds. The van der Waals surface area contributed by atoms with Gasteiger partial charge >= 0.3 is 5.97 Å². The summed E-state index contributed by atoms with van der Waals surface area (Å²) in [5, 5.41) is 20.5. The number of hydrogen-bond acceptors (Lipinski definition) is 4. The van der Waals surface area contributed by atoms with Crippen LogP contribution >= 0.6 is 0 Å². The van der Waals surface area contributed by atoms with Crippen molar-refractivity contribution < 1.29 is 19.8 Å². The minimum Gasteiger partial charge on any atom is -0.508 e. The molecule has 0 bridgehead atoms. The molecule has 0 aliphatic heterocycles. The average Bonchev–Trinajstić information content (AvgIpc) is 2.39. The van der Waals surface area contributed by atoms with Crippen LogP contribution in [0, 0.1) is 0 Å². The van der Waals surface area contributed by atoms with Crippen LogP contribution in [0.5, 0.6) is 5.75 Å². The van der Waals surface area contributed by atoms with E-state index in [2.05, 4.69) is 5.32 Å². The van der Waals surface area contributed by atoms with Gasteiger partial charge in [-0.3, -0.25) is 9.59 Å². The summed E-state index contributed by atoms with van der Waals surface area (Å²) >= 11 is 0. The second-order valence-corrected chi connectivity index (χ2v) is 4.69. The normalized spacial score (nSPS) is 13.5. The molecule has 0 spiro atoms. The Morgan fingerprint density at radius 1 is 1.30 bits per heavy atom. The fraction of sp³-hybridized carbons (Fsp3) is 0.429. The van der Waals surface area contributed by atoms with Crippen LogP contribution in [0.2, 0.25) is 0 Å². The van der Waals surface area contributed by atoms with E-state index in [1.54, 1.807) is 19.1 Å². The Kier molecular flexibility index (Phi) is 5.99. The van der Waals surface area contributed by atoms with Gasteiger partial charge in [0.1, 0.15) is 5.75 Å². The van der Waals surface area contributed by atoms with E-state index in [1.165, 1.54) is 12.1 Å². The molecule has 0 aliphatic carbocycles. The lowest BCUT2D eigenvalue weighted by atomic mass is 10.0. The first-order chi connectivity index (χ1) is 9.42. The zero-order chi connectivity index (χ0) is 15.1. The molecule has 5 N–H and O–H groups in total. The molecule has 0 radical (unpaired) electrons. The molecule has 2 atom stereocenters. The third-order valence-corrected chi connectivity index (χ3v) is 2.99. The van der Waals surface area contributed by atoms with Crippen molar-refractivity contribution in [3.8, 4) is 5.75 Å². The number of hydrogen-bond donors (Lipinski definition) is 4. The smallest absolute Gasteiger partial charge is 0.305 e. The van der Waals surface area contributed by atoms with Gasteiger partial charge in [-0.25, -0.2) is 0 Å². The maximum Gasteiger partial charge on any atom is 0.305 e. The third kappa shape index (κ3) is 5.27. The number of phenols is 1. The van der Waals surface area contributed by atoms with E-state index < -0.39 is 18.1 Å². The zero-order valence-electron chi connectivity index (χ0n) is 11.4. The summed E-state index contributed by atoms with van der Waals surface area (Å²) < 4.78 is 0. The van der Waals surface area contributed by atoms with E-state index in [0.717, 1.165) is 5.56 Å². The van der Waals surface area contributed by atoms with Crippen molar-refractivity contribution in [2.24, 2.45) is 5.73 Å². The number of nitrogens with one attached hydrogen (secondary N) is 1. The zero-order valence-corrected chi connectivity index (χ0v) is 11.4. The monoisotopic (exact) mass is 280 g/mol. The Labute approximate surface area is 117 Å². The van der Waals surface area contributed by atoms with Crippen molar-refractivity contribution >= 4 is 11.9 Å². The van der Waals surface area contributed by atoms with E-state index in [4.69, 9.17) is 15.9 Å². The molecule has 0 heterocycles. The number of carboxylic acid groups (broad SMARTS) is 1. The highest BCUT2D eigenvalue weighted by molar-refractivity contribution is 5.82. The lowest BCUT2D eigenvalue weighted by molar-refractivity contribution is -0.137. The number of phenolic OH excluding ortho intramolecular Hbond substituents is 1. The second kappa shape index (κ2) is 7.49. The van der Waals surface area contributed by atoms with Crippen molar-refractivity contribution in [1.29, 1.82) is 0 Å².